The summed E-state index contributed by atoms with van der Waals surface area (Å²) in [7, 11) is 0. The van der Waals surface area contributed by atoms with E-state index in [1.165, 1.54) is 23.1 Å². The van der Waals surface area contributed by atoms with Crippen molar-refractivity contribution in [2.75, 3.05) is 11.1 Å². The van der Waals surface area contributed by atoms with Crippen LogP contribution in [0.1, 0.15) is 15.9 Å². The molecule has 3 heterocycles. The minimum Gasteiger partial charge on any atom is -0.494 e. The molecule has 0 saturated carbocycles. The molecule has 1 aliphatic rings. The van der Waals surface area contributed by atoms with Crippen molar-refractivity contribution in [3.05, 3.63) is 90.0 Å². The molecule has 0 saturated heterocycles. The molecule has 0 bridgehead atoms. The second kappa shape index (κ2) is 9.81. The number of Topliss-reactive ketones (excluding diaryl/α,β-unsaturated/α-hetero) is 1. The number of nitrogens with one attached hydrogen (secondary N) is 1. The van der Waals surface area contributed by atoms with E-state index < -0.39 is 6.10 Å². The predicted molar refractivity (Wildman–Crippen MR) is 147 cm³/mol. The van der Waals surface area contributed by atoms with E-state index in [0.717, 1.165) is 15.5 Å². The first-order valence-electron chi connectivity index (χ1n) is 11.6. The highest BCUT2D eigenvalue weighted by atomic mass is 32.2. The predicted octanol–water partition coefficient (Wildman–Crippen LogP) is 5.41. The van der Waals surface area contributed by atoms with Crippen LogP contribution >= 0.6 is 23.1 Å². The van der Waals surface area contributed by atoms with Gasteiger partial charge < -0.3 is 20.1 Å². The van der Waals surface area contributed by atoms with Gasteiger partial charge in [-0.1, -0.05) is 71.6 Å². The smallest absolute Gasteiger partial charge is 0.214 e. The molecule has 8 nitrogen and oxygen atoms in total. The van der Waals surface area contributed by atoms with Gasteiger partial charge >= 0.3 is 0 Å². The van der Waals surface area contributed by atoms with Gasteiger partial charge in [0.1, 0.15) is 5.71 Å². The minimum atomic E-state index is -0.785. The van der Waals surface area contributed by atoms with E-state index in [2.05, 4.69) is 20.5 Å². The number of para-hydroxylation sites is 3. The molecule has 3 aromatic carbocycles. The van der Waals surface area contributed by atoms with Crippen LogP contribution in [-0.4, -0.2) is 48.3 Å². The SMILES string of the molecule is O=C1C(c2c(O)n(CC(O)CSc3nnc(Nc4ccccc4)s3)c3ccccc23)=Nc2ccccc21. The Kier molecular flexibility index (Phi) is 6.21. The lowest BCUT2D eigenvalue weighted by Crippen LogP contribution is -2.18. The van der Waals surface area contributed by atoms with E-state index in [9.17, 15) is 15.0 Å². The van der Waals surface area contributed by atoms with Gasteiger partial charge in [-0.05, 0) is 30.3 Å². The van der Waals surface area contributed by atoms with Crippen molar-refractivity contribution in [1.29, 1.82) is 0 Å². The zero-order chi connectivity index (χ0) is 25.4. The third kappa shape index (κ3) is 4.50. The van der Waals surface area contributed by atoms with E-state index in [-0.39, 0.29) is 23.9 Å². The molecule has 5 aromatic rings. The number of fused-ring (bicyclic) bond motifs is 2. The Labute approximate surface area is 220 Å². The first-order chi connectivity index (χ1) is 18.1. The minimum absolute atomic E-state index is 0.0876. The van der Waals surface area contributed by atoms with Crippen LogP contribution in [0, 0.1) is 0 Å². The van der Waals surface area contributed by atoms with Crippen LogP contribution < -0.4 is 5.32 Å². The van der Waals surface area contributed by atoms with Crippen molar-refractivity contribution in [3.63, 3.8) is 0 Å². The molecule has 1 aliphatic heterocycles. The maximum atomic E-state index is 13.1. The number of benzene rings is 3. The molecule has 3 N–H and O–H groups in total. The Hall–Kier alpha value is -3.99. The topological polar surface area (TPSA) is 113 Å². The van der Waals surface area contributed by atoms with E-state index in [1.807, 2.05) is 60.7 Å². The highest BCUT2D eigenvalue weighted by Gasteiger charge is 2.31. The Bertz CT molecular complexity index is 1640. The van der Waals surface area contributed by atoms with Gasteiger partial charge in [-0.15, -0.1) is 10.2 Å². The Morgan fingerprint density at radius 1 is 0.973 bits per heavy atom. The van der Waals surface area contributed by atoms with Gasteiger partial charge in [0.25, 0.3) is 0 Å². The number of thioether (sulfide) groups is 1. The number of aliphatic hydroxyl groups excluding tert-OH is 1. The summed E-state index contributed by atoms with van der Waals surface area (Å²) < 4.78 is 2.36. The normalized spacial score (nSPS) is 13.5. The molecule has 0 spiro atoms. The fraction of sp³-hybridized carbons (Fsp3) is 0.111. The number of anilines is 2. The maximum Gasteiger partial charge on any atom is 0.214 e. The van der Waals surface area contributed by atoms with Crippen LogP contribution in [-0.2, 0) is 6.54 Å². The molecular formula is C27H21N5O3S2. The standard InChI is InChI=1S/C27H21N5O3S2/c33-17(15-36-27-31-30-26(37-27)28-16-8-2-1-3-9-16)14-32-21-13-7-5-11-19(21)22(25(32)35)23-24(34)18-10-4-6-12-20(18)29-23/h1-13,17,33,35H,14-15H2,(H,28,30). The molecule has 0 amide bonds. The fourth-order valence-electron chi connectivity index (χ4n) is 4.33. The molecule has 6 rings (SSSR count). The molecule has 10 heteroatoms. The molecule has 0 aliphatic carbocycles. The van der Waals surface area contributed by atoms with Gasteiger partial charge in [0.2, 0.25) is 16.8 Å². The third-order valence-corrected chi connectivity index (χ3v) is 8.12. The summed E-state index contributed by atoms with van der Waals surface area (Å²) in [5, 5.41) is 35.0. The number of carbonyl (C=O) groups is 1. The number of hydrogen-bond donors (Lipinski definition) is 3. The average Bonchev–Trinajstić information content (AvgIpc) is 3.58. The summed E-state index contributed by atoms with van der Waals surface area (Å²) >= 11 is 2.80. The van der Waals surface area contributed by atoms with Crippen molar-refractivity contribution in [2.45, 2.75) is 17.0 Å². The van der Waals surface area contributed by atoms with Gasteiger partial charge in [0.05, 0.1) is 29.4 Å². The van der Waals surface area contributed by atoms with E-state index in [1.54, 1.807) is 22.8 Å². The van der Waals surface area contributed by atoms with Crippen LogP contribution in [0.15, 0.2) is 88.2 Å². The first-order valence-corrected chi connectivity index (χ1v) is 13.4. The Balaban J connectivity index is 1.20. The lowest BCUT2D eigenvalue weighted by atomic mass is 10.0. The van der Waals surface area contributed by atoms with Crippen LogP contribution in [0.5, 0.6) is 5.88 Å². The van der Waals surface area contributed by atoms with Crippen molar-refractivity contribution in [2.24, 2.45) is 4.99 Å². The second-order valence-corrected chi connectivity index (χ2v) is 10.7. The van der Waals surface area contributed by atoms with E-state index >= 15 is 0 Å². The number of aliphatic hydroxyl groups is 1. The molecule has 1 unspecified atom stereocenters. The van der Waals surface area contributed by atoms with Gasteiger partial charge in [-0.3, -0.25) is 4.79 Å². The van der Waals surface area contributed by atoms with Gasteiger partial charge in [0, 0.05) is 22.4 Å². The van der Waals surface area contributed by atoms with Gasteiger partial charge in [-0.25, -0.2) is 4.99 Å². The number of rotatable bonds is 8. The lowest BCUT2D eigenvalue weighted by Gasteiger charge is -2.13. The molecule has 1 atom stereocenters. The van der Waals surface area contributed by atoms with Gasteiger partial charge in [0.15, 0.2) is 4.34 Å². The first kappa shape index (κ1) is 23.4. The molecule has 0 fully saturated rings. The molecule has 0 radical (unpaired) electrons. The Morgan fingerprint density at radius 2 is 1.73 bits per heavy atom. The number of carbonyl (C=O) groups excluding carboxylic acids is 1. The van der Waals surface area contributed by atoms with Crippen LogP contribution in [0.3, 0.4) is 0 Å². The number of aromatic nitrogens is 3. The molecule has 37 heavy (non-hydrogen) atoms. The molecule has 184 valence electrons. The molecular weight excluding hydrogens is 506 g/mol. The quantitative estimate of drug-likeness (QED) is 0.231. The number of hydrogen-bond acceptors (Lipinski definition) is 9. The summed E-state index contributed by atoms with van der Waals surface area (Å²) in [6.07, 6.45) is -0.785. The average molecular weight is 528 g/mol. The van der Waals surface area contributed by atoms with Crippen LogP contribution in [0.2, 0.25) is 0 Å². The highest BCUT2D eigenvalue weighted by Crippen LogP contribution is 2.37. The van der Waals surface area contributed by atoms with E-state index in [4.69, 9.17) is 0 Å². The number of aromatic hydroxyl groups is 1. The summed E-state index contributed by atoms with van der Waals surface area (Å²) in [5.74, 6) is 0.0450. The Morgan fingerprint density at radius 3 is 2.57 bits per heavy atom. The second-order valence-electron chi connectivity index (χ2n) is 8.46. The maximum absolute atomic E-state index is 13.1. The summed E-state index contributed by atoms with van der Waals surface area (Å²) in [5.41, 5.74) is 3.35. The van der Waals surface area contributed by atoms with Crippen LogP contribution in [0.4, 0.5) is 16.5 Å². The third-order valence-electron chi connectivity index (χ3n) is 6.00. The molecule has 2 aromatic heterocycles. The lowest BCUT2D eigenvalue weighted by molar-refractivity contribution is 0.107. The van der Waals surface area contributed by atoms with E-state index in [0.29, 0.717) is 33.1 Å². The zero-order valence-electron chi connectivity index (χ0n) is 19.4. The fourth-order valence-corrected chi connectivity index (χ4v) is 6.05. The summed E-state index contributed by atoms with van der Waals surface area (Å²) in [4.78, 5) is 17.6. The monoisotopic (exact) mass is 527 g/mol. The summed E-state index contributed by atoms with van der Waals surface area (Å²) in [6, 6.07) is 24.3. The van der Waals surface area contributed by atoms with Crippen molar-refractivity contribution in [3.8, 4) is 5.88 Å². The number of aliphatic imine (C=N–C) groups is 1. The van der Waals surface area contributed by atoms with Crippen molar-refractivity contribution in [1.82, 2.24) is 14.8 Å². The van der Waals surface area contributed by atoms with Crippen molar-refractivity contribution >= 4 is 62.0 Å². The summed E-state index contributed by atoms with van der Waals surface area (Å²) in [6.45, 7) is 0.141. The zero-order valence-corrected chi connectivity index (χ0v) is 21.0. The largest absolute Gasteiger partial charge is 0.494 e. The highest BCUT2D eigenvalue weighted by molar-refractivity contribution is 8.01. The van der Waals surface area contributed by atoms with Gasteiger partial charge in [-0.2, -0.15) is 0 Å². The van der Waals surface area contributed by atoms with Crippen molar-refractivity contribution < 1.29 is 15.0 Å². The number of nitrogens with zero attached hydrogens (tertiary/aromatic N) is 4. The van der Waals surface area contributed by atoms with Crippen LogP contribution in [0.25, 0.3) is 10.9 Å². The number of ketones is 1.